The number of methoxy groups -OCH3 is 1. The van der Waals surface area contributed by atoms with Gasteiger partial charge < -0.3 is 28.5 Å². The van der Waals surface area contributed by atoms with Crippen LogP contribution in [0.25, 0.3) is 0 Å². The number of hydrogen-bond donors (Lipinski definition) is 0. The Morgan fingerprint density at radius 1 is 0.885 bits per heavy atom. The summed E-state index contributed by atoms with van der Waals surface area (Å²) in [6, 6.07) is 0. The first-order chi connectivity index (χ1) is 12.2. The second kappa shape index (κ2) is 10.8. The van der Waals surface area contributed by atoms with E-state index in [1.807, 2.05) is 22.6 Å². The molecule has 0 saturated carbocycles. The SMILES string of the molecule is CO[C@H]1O[C@H](CI)[C@@H](OC(=O)CCC(C)=O)[C@H](OC(C)=O)[C@H]1OC(C)=O. The van der Waals surface area contributed by atoms with Crippen molar-refractivity contribution in [2.24, 2.45) is 0 Å². The highest BCUT2D eigenvalue weighted by Gasteiger charge is 2.51. The molecule has 1 rings (SSSR count). The summed E-state index contributed by atoms with van der Waals surface area (Å²) in [5.41, 5.74) is 0. The lowest BCUT2D eigenvalue weighted by atomic mass is 9.98. The fourth-order valence-corrected chi connectivity index (χ4v) is 3.17. The van der Waals surface area contributed by atoms with Gasteiger partial charge in [-0.05, 0) is 6.92 Å². The minimum Gasteiger partial charge on any atom is -0.455 e. The molecule has 1 aliphatic rings. The summed E-state index contributed by atoms with van der Waals surface area (Å²) in [6.07, 6.45) is -4.94. The van der Waals surface area contributed by atoms with Crippen LogP contribution in [0, 0.1) is 0 Å². The van der Waals surface area contributed by atoms with E-state index in [-0.39, 0.29) is 18.6 Å². The summed E-state index contributed by atoms with van der Waals surface area (Å²) < 4.78 is 27.2. The average molecular weight is 486 g/mol. The third-order valence-corrected chi connectivity index (χ3v) is 4.40. The van der Waals surface area contributed by atoms with E-state index >= 15 is 0 Å². The molecule has 0 radical (unpaired) electrons. The van der Waals surface area contributed by atoms with E-state index < -0.39 is 48.6 Å². The Balaban J connectivity index is 3.08. The van der Waals surface area contributed by atoms with Crippen LogP contribution in [0.3, 0.4) is 0 Å². The molecule has 0 N–H and O–H groups in total. The van der Waals surface area contributed by atoms with Crippen LogP contribution in [-0.2, 0) is 42.9 Å². The minimum atomic E-state index is -1.11. The van der Waals surface area contributed by atoms with Crippen LogP contribution in [-0.4, -0.2) is 65.9 Å². The third kappa shape index (κ3) is 6.80. The molecule has 9 nitrogen and oxygen atoms in total. The van der Waals surface area contributed by atoms with Crippen LogP contribution in [0.1, 0.15) is 33.6 Å². The molecule has 0 aromatic carbocycles. The Morgan fingerprint density at radius 3 is 1.92 bits per heavy atom. The number of alkyl halides is 1. The van der Waals surface area contributed by atoms with Gasteiger partial charge in [-0.1, -0.05) is 22.6 Å². The van der Waals surface area contributed by atoms with Crippen molar-refractivity contribution >= 4 is 46.3 Å². The summed E-state index contributed by atoms with van der Waals surface area (Å²) in [5, 5.41) is 0. The maximum atomic E-state index is 12.1. The predicted molar refractivity (Wildman–Crippen MR) is 95.5 cm³/mol. The Morgan fingerprint density at radius 2 is 1.46 bits per heavy atom. The molecule has 26 heavy (non-hydrogen) atoms. The average Bonchev–Trinajstić information content (AvgIpc) is 2.55. The molecule has 0 aromatic heterocycles. The van der Waals surface area contributed by atoms with Gasteiger partial charge in [-0.3, -0.25) is 14.4 Å². The van der Waals surface area contributed by atoms with Gasteiger partial charge in [-0.2, -0.15) is 0 Å². The quantitative estimate of drug-likeness (QED) is 0.214. The van der Waals surface area contributed by atoms with Gasteiger partial charge in [-0.15, -0.1) is 0 Å². The van der Waals surface area contributed by atoms with E-state index in [9.17, 15) is 19.2 Å². The molecule has 1 fully saturated rings. The molecular formula is C16H23IO9. The first-order valence-electron chi connectivity index (χ1n) is 7.97. The maximum Gasteiger partial charge on any atom is 0.306 e. The van der Waals surface area contributed by atoms with Crippen molar-refractivity contribution in [3.05, 3.63) is 0 Å². The maximum absolute atomic E-state index is 12.1. The lowest BCUT2D eigenvalue weighted by molar-refractivity contribution is -0.293. The Bertz CT molecular complexity index is 536. The number of carbonyl (C=O) groups is 4. The zero-order valence-electron chi connectivity index (χ0n) is 15.1. The van der Waals surface area contributed by atoms with E-state index in [0.717, 1.165) is 0 Å². The number of esters is 3. The highest BCUT2D eigenvalue weighted by molar-refractivity contribution is 14.1. The lowest BCUT2D eigenvalue weighted by Gasteiger charge is -2.43. The van der Waals surface area contributed by atoms with Crippen molar-refractivity contribution < 1.29 is 42.9 Å². The van der Waals surface area contributed by atoms with Crippen LogP contribution in [0.5, 0.6) is 0 Å². The van der Waals surface area contributed by atoms with Gasteiger partial charge in [0.25, 0.3) is 0 Å². The van der Waals surface area contributed by atoms with Gasteiger partial charge in [0.15, 0.2) is 24.6 Å². The van der Waals surface area contributed by atoms with Crippen molar-refractivity contribution in [3.8, 4) is 0 Å². The normalized spacial score (nSPS) is 28.1. The molecule has 1 heterocycles. The topological polar surface area (TPSA) is 114 Å². The summed E-state index contributed by atoms with van der Waals surface area (Å²) in [5.74, 6) is -2.06. The first kappa shape index (κ1) is 22.8. The highest BCUT2D eigenvalue weighted by Crippen LogP contribution is 2.30. The first-order valence-corrected chi connectivity index (χ1v) is 9.49. The van der Waals surface area contributed by atoms with Crippen molar-refractivity contribution in [2.45, 2.75) is 64.3 Å². The number of halogens is 1. The van der Waals surface area contributed by atoms with Crippen molar-refractivity contribution in [3.63, 3.8) is 0 Å². The van der Waals surface area contributed by atoms with Gasteiger partial charge in [0.2, 0.25) is 0 Å². The van der Waals surface area contributed by atoms with Gasteiger partial charge in [0, 0.05) is 31.8 Å². The standard InChI is InChI=1S/C16H23IO9/c1-8(18)5-6-12(21)26-13-11(7-17)25-16(22-4)15(24-10(3)20)14(13)23-9(2)19/h11,13-16H,5-7H2,1-4H3/t11-,13-,14+,15-,16+/m1/s1. The monoisotopic (exact) mass is 486 g/mol. The lowest BCUT2D eigenvalue weighted by Crippen LogP contribution is -2.62. The Hall–Kier alpha value is -1.27. The van der Waals surface area contributed by atoms with Gasteiger partial charge >= 0.3 is 17.9 Å². The van der Waals surface area contributed by atoms with E-state index in [1.54, 1.807) is 0 Å². The summed E-state index contributed by atoms with van der Waals surface area (Å²) >= 11 is 2.03. The second-order valence-electron chi connectivity index (χ2n) is 5.74. The van der Waals surface area contributed by atoms with Crippen LogP contribution >= 0.6 is 22.6 Å². The summed E-state index contributed by atoms with van der Waals surface area (Å²) in [6.45, 7) is 3.75. The molecule has 0 spiro atoms. The van der Waals surface area contributed by atoms with Crippen molar-refractivity contribution in [2.75, 3.05) is 11.5 Å². The largest absolute Gasteiger partial charge is 0.455 e. The van der Waals surface area contributed by atoms with Crippen LogP contribution in [0.2, 0.25) is 0 Å². The Labute approximate surface area is 165 Å². The molecule has 1 saturated heterocycles. The van der Waals surface area contributed by atoms with Gasteiger partial charge in [-0.25, -0.2) is 0 Å². The molecular weight excluding hydrogens is 463 g/mol. The minimum absolute atomic E-state index is 0.0353. The Kier molecular flexibility index (Phi) is 9.44. The molecule has 10 heteroatoms. The number of carbonyl (C=O) groups excluding carboxylic acids is 4. The summed E-state index contributed by atoms with van der Waals surface area (Å²) in [7, 11) is 1.36. The predicted octanol–water partition coefficient (Wildman–Crippen LogP) is 0.937. The number of Topliss-reactive ketones (excluding diaryl/α,β-unsaturated/α-hetero) is 1. The van der Waals surface area contributed by atoms with Gasteiger partial charge in [0.05, 0.1) is 6.42 Å². The van der Waals surface area contributed by atoms with Gasteiger partial charge in [0.1, 0.15) is 11.9 Å². The molecule has 0 unspecified atom stereocenters. The molecule has 0 aromatic rings. The second-order valence-corrected chi connectivity index (χ2v) is 6.62. The zero-order valence-corrected chi connectivity index (χ0v) is 17.2. The number of ether oxygens (including phenoxy) is 5. The number of ketones is 1. The van der Waals surface area contributed by atoms with Crippen molar-refractivity contribution in [1.29, 1.82) is 0 Å². The smallest absolute Gasteiger partial charge is 0.306 e. The van der Waals surface area contributed by atoms with E-state index in [1.165, 1.54) is 27.9 Å². The number of hydrogen-bond acceptors (Lipinski definition) is 9. The number of rotatable bonds is 8. The fourth-order valence-electron chi connectivity index (χ4n) is 2.47. The van der Waals surface area contributed by atoms with E-state index in [0.29, 0.717) is 4.43 Å². The van der Waals surface area contributed by atoms with E-state index in [4.69, 9.17) is 23.7 Å². The molecule has 1 aliphatic heterocycles. The van der Waals surface area contributed by atoms with Crippen LogP contribution in [0.15, 0.2) is 0 Å². The summed E-state index contributed by atoms with van der Waals surface area (Å²) in [4.78, 5) is 46.1. The molecule has 0 bridgehead atoms. The molecule has 5 atom stereocenters. The van der Waals surface area contributed by atoms with Crippen LogP contribution in [0.4, 0.5) is 0 Å². The zero-order chi connectivity index (χ0) is 19.9. The van der Waals surface area contributed by atoms with Crippen molar-refractivity contribution in [1.82, 2.24) is 0 Å². The van der Waals surface area contributed by atoms with E-state index in [2.05, 4.69) is 0 Å². The molecule has 0 aliphatic carbocycles. The molecule has 0 amide bonds. The van der Waals surface area contributed by atoms with Crippen LogP contribution < -0.4 is 0 Å². The third-order valence-electron chi connectivity index (χ3n) is 3.53. The highest BCUT2D eigenvalue weighted by atomic mass is 127. The fraction of sp³-hybridized carbons (Fsp3) is 0.750. The molecule has 148 valence electrons.